The molecular weight excluding hydrogens is 288 g/mol. The van der Waals surface area contributed by atoms with E-state index in [0.717, 1.165) is 25.7 Å². The quantitative estimate of drug-likeness (QED) is 0.804. The molecule has 0 bridgehead atoms. The minimum atomic E-state index is -2.93. The highest BCUT2D eigenvalue weighted by atomic mass is 32.2. The lowest BCUT2D eigenvalue weighted by Gasteiger charge is -2.31. The van der Waals surface area contributed by atoms with Crippen molar-refractivity contribution in [2.45, 2.75) is 37.7 Å². The minimum absolute atomic E-state index is 0.00188. The molecule has 2 fully saturated rings. The van der Waals surface area contributed by atoms with Gasteiger partial charge < -0.3 is 4.74 Å². The molecule has 0 radical (unpaired) electrons. The van der Waals surface area contributed by atoms with Gasteiger partial charge in [0, 0.05) is 0 Å². The third kappa shape index (κ3) is 3.46. The standard InChI is InChI=1S/C16H20O4S/c17-16(20-15-10-21(18,19)11-15)14-8-6-13(7-9-14)12-4-2-1-3-5-12/h1-5,13-15H,6-11H2. The van der Waals surface area contributed by atoms with E-state index in [9.17, 15) is 13.2 Å². The monoisotopic (exact) mass is 308 g/mol. The van der Waals surface area contributed by atoms with Crippen LogP contribution in [-0.2, 0) is 19.4 Å². The molecule has 114 valence electrons. The van der Waals surface area contributed by atoms with Gasteiger partial charge in [0.15, 0.2) is 9.84 Å². The van der Waals surface area contributed by atoms with Crippen LogP contribution in [0.4, 0.5) is 0 Å². The van der Waals surface area contributed by atoms with Gasteiger partial charge in [-0.05, 0) is 37.2 Å². The summed E-state index contributed by atoms with van der Waals surface area (Å²) < 4.78 is 27.4. The fraction of sp³-hybridized carbons (Fsp3) is 0.562. The predicted octanol–water partition coefficient (Wildman–Crippen LogP) is 2.30. The van der Waals surface area contributed by atoms with Crippen LogP contribution in [0.1, 0.15) is 37.2 Å². The van der Waals surface area contributed by atoms with Crippen LogP contribution in [0.25, 0.3) is 0 Å². The third-order valence-corrected chi connectivity index (χ3v) is 6.25. The molecule has 2 aliphatic rings. The lowest BCUT2D eigenvalue weighted by molar-refractivity contribution is -0.153. The van der Waals surface area contributed by atoms with E-state index in [1.165, 1.54) is 5.56 Å². The fourth-order valence-corrected chi connectivity index (χ4v) is 4.41. The summed E-state index contributed by atoms with van der Waals surface area (Å²) in [5.41, 5.74) is 1.34. The predicted molar refractivity (Wildman–Crippen MR) is 79.7 cm³/mol. The molecule has 1 aromatic rings. The van der Waals surface area contributed by atoms with Crippen LogP contribution in [0.2, 0.25) is 0 Å². The summed E-state index contributed by atoms with van der Waals surface area (Å²) in [4.78, 5) is 12.0. The van der Waals surface area contributed by atoms with Crippen LogP contribution in [0.5, 0.6) is 0 Å². The van der Waals surface area contributed by atoms with Gasteiger partial charge in [-0.25, -0.2) is 8.42 Å². The average molecular weight is 308 g/mol. The van der Waals surface area contributed by atoms with E-state index >= 15 is 0 Å². The number of hydrogen-bond acceptors (Lipinski definition) is 4. The molecule has 0 spiro atoms. The summed E-state index contributed by atoms with van der Waals surface area (Å²) in [7, 11) is -2.93. The Morgan fingerprint density at radius 2 is 1.62 bits per heavy atom. The highest BCUT2D eigenvalue weighted by molar-refractivity contribution is 7.92. The van der Waals surface area contributed by atoms with Crippen molar-refractivity contribution in [2.75, 3.05) is 11.5 Å². The van der Waals surface area contributed by atoms with Gasteiger partial charge in [0.05, 0.1) is 17.4 Å². The first-order valence-corrected chi connectivity index (χ1v) is 9.31. The van der Waals surface area contributed by atoms with Crippen molar-refractivity contribution in [3.63, 3.8) is 0 Å². The van der Waals surface area contributed by atoms with Crippen molar-refractivity contribution in [2.24, 2.45) is 5.92 Å². The number of carbonyl (C=O) groups excluding carboxylic acids is 1. The van der Waals surface area contributed by atoms with Crippen molar-refractivity contribution in [1.29, 1.82) is 0 Å². The van der Waals surface area contributed by atoms with Crippen LogP contribution in [0, 0.1) is 5.92 Å². The van der Waals surface area contributed by atoms with Gasteiger partial charge >= 0.3 is 5.97 Å². The van der Waals surface area contributed by atoms with E-state index in [1.54, 1.807) is 0 Å². The van der Waals surface area contributed by atoms with Gasteiger partial charge in [-0.3, -0.25) is 4.79 Å². The molecule has 1 heterocycles. The summed E-state index contributed by atoms with van der Waals surface area (Å²) in [5, 5.41) is 0. The first-order chi connectivity index (χ1) is 10.0. The molecule has 3 rings (SSSR count). The van der Waals surface area contributed by atoms with E-state index in [2.05, 4.69) is 12.1 Å². The Bertz CT molecular complexity index is 588. The molecule has 0 aromatic heterocycles. The number of rotatable bonds is 3. The summed E-state index contributed by atoms with van der Waals surface area (Å²) >= 11 is 0. The van der Waals surface area contributed by atoms with Gasteiger partial charge in [0.1, 0.15) is 6.10 Å². The van der Waals surface area contributed by atoms with E-state index in [-0.39, 0.29) is 23.4 Å². The smallest absolute Gasteiger partial charge is 0.309 e. The third-order valence-electron chi connectivity index (χ3n) is 4.49. The molecule has 0 atom stereocenters. The molecule has 21 heavy (non-hydrogen) atoms. The molecule has 1 aliphatic carbocycles. The number of sulfone groups is 1. The topological polar surface area (TPSA) is 60.4 Å². The second-order valence-corrected chi connectivity index (χ2v) is 8.25. The zero-order chi connectivity index (χ0) is 14.9. The SMILES string of the molecule is O=C(OC1CS(=O)(=O)C1)C1CCC(c2ccccc2)CC1. The lowest BCUT2D eigenvalue weighted by Crippen LogP contribution is -2.45. The Kier molecular flexibility index (Phi) is 4.02. The van der Waals surface area contributed by atoms with E-state index in [4.69, 9.17) is 4.74 Å². The highest BCUT2D eigenvalue weighted by Crippen LogP contribution is 2.36. The Hall–Kier alpha value is -1.36. The Balaban J connectivity index is 1.48. The zero-order valence-electron chi connectivity index (χ0n) is 11.9. The average Bonchev–Trinajstić information content (AvgIpc) is 2.46. The summed E-state index contributed by atoms with van der Waals surface area (Å²) in [6.07, 6.45) is 3.24. The highest BCUT2D eigenvalue weighted by Gasteiger charge is 2.38. The van der Waals surface area contributed by atoms with Gasteiger partial charge in [0.2, 0.25) is 0 Å². The van der Waals surface area contributed by atoms with Gasteiger partial charge in [0.25, 0.3) is 0 Å². The Morgan fingerprint density at radius 1 is 1.00 bits per heavy atom. The summed E-state index contributed by atoms with van der Waals surface area (Å²) in [5.74, 6) is 0.255. The fourth-order valence-electron chi connectivity index (χ4n) is 3.23. The Labute approximate surface area is 125 Å². The molecular formula is C16H20O4S. The number of ether oxygens (including phenoxy) is 1. The molecule has 0 amide bonds. The normalized spacial score (nSPS) is 28.6. The number of hydrogen-bond donors (Lipinski definition) is 0. The minimum Gasteiger partial charge on any atom is -0.460 e. The van der Waals surface area contributed by atoms with Crippen molar-refractivity contribution in [3.05, 3.63) is 35.9 Å². The van der Waals surface area contributed by atoms with Crippen LogP contribution >= 0.6 is 0 Å². The molecule has 5 heteroatoms. The van der Waals surface area contributed by atoms with Gasteiger partial charge in [-0.15, -0.1) is 0 Å². The maximum atomic E-state index is 12.0. The van der Waals surface area contributed by atoms with Crippen molar-refractivity contribution >= 4 is 15.8 Å². The number of esters is 1. The maximum Gasteiger partial charge on any atom is 0.309 e. The van der Waals surface area contributed by atoms with Crippen LogP contribution in [-0.4, -0.2) is 32.0 Å². The molecule has 1 saturated carbocycles. The van der Waals surface area contributed by atoms with E-state index in [1.807, 2.05) is 18.2 Å². The van der Waals surface area contributed by atoms with E-state index < -0.39 is 15.9 Å². The van der Waals surface area contributed by atoms with Crippen LogP contribution in [0.15, 0.2) is 30.3 Å². The van der Waals surface area contributed by atoms with Gasteiger partial charge in [-0.2, -0.15) is 0 Å². The first-order valence-electron chi connectivity index (χ1n) is 7.49. The van der Waals surface area contributed by atoms with Crippen LogP contribution in [0.3, 0.4) is 0 Å². The van der Waals surface area contributed by atoms with Crippen molar-refractivity contribution < 1.29 is 17.9 Å². The molecule has 1 saturated heterocycles. The molecule has 1 aromatic carbocycles. The zero-order valence-corrected chi connectivity index (χ0v) is 12.7. The number of carbonyl (C=O) groups is 1. The largest absolute Gasteiger partial charge is 0.460 e. The first kappa shape index (κ1) is 14.6. The molecule has 0 N–H and O–H groups in total. The lowest BCUT2D eigenvalue weighted by atomic mass is 9.79. The van der Waals surface area contributed by atoms with Crippen LogP contribution < -0.4 is 0 Å². The maximum absolute atomic E-state index is 12.0. The molecule has 4 nitrogen and oxygen atoms in total. The number of benzene rings is 1. The van der Waals surface area contributed by atoms with Crippen molar-refractivity contribution in [3.8, 4) is 0 Å². The van der Waals surface area contributed by atoms with Crippen molar-refractivity contribution in [1.82, 2.24) is 0 Å². The second kappa shape index (κ2) is 5.79. The molecule has 1 aliphatic heterocycles. The second-order valence-electron chi connectivity index (χ2n) is 6.10. The summed E-state index contributed by atoms with van der Waals surface area (Å²) in [6.45, 7) is 0. The van der Waals surface area contributed by atoms with E-state index in [0.29, 0.717) is 5.92 Å². The summed E-state index contributed by atoms with van der Waals surface area (Å²) in [6, 6.07) is 10.4. The van der Waals surface area contributed by atoms with Gasteiger partial charge in [-0.1, -0.05) is 30.3 Å². The Morgan fingerprint density at radius 3 is 2.19 bits per heavy atom. The molecule has 0 unspecified atom stereocenters.